The zero-order chi connectivity index (χ0) is 12.5. The molecule has 5 nitrogen and oxygen atoms in total. The summed E-state index contributed by atoms with van der Waals surface area (Å²) in [6.45, 7) is 5.31. The molecule has 0 aromatic carbocycles. The van der Waals surface area contributed by atoms with Gasteiger partial charge in [0.1, 0.15) is 0 Å². The topological polar surface area (TPSA) is 65.4 Å². The van der Waals surface area contributed by atoms with Crippen LogP contribution in [-0.2, 0) is 9.53 Å². The zero-order valence-corrected chi connectivity index (χ0v) is 10.4. The Labute approximate surface area is 103 Å². The van der Waals surface area contributed by atoms with Gasteiger partial charge in [0.15, 0.2) is 0 Å². The van der Waals surface area contributed by atoms with Crippen molar-refractivity contribution >= 4 is 5.91 Å². The molecule has 1 heterocycles. The quantitative estimate of drug-likeness (QED) is 0.733. The van der Waals surface area contributed by atoms with Crippen LogP contribution in [0.1, 0.15) is 26.2 Å². The number of nitrogens with zero attached hydrogens (tertiary/aromatic N) is 2. The highest BCUT2D eigenvalue weighted by Gasteiger charge is 2.17. The summed E-state index contributed by atoms with van der Waals surface area (Å²) in [7, 11) is 0. The molecule has 0 aromatic rings. The molecule has 0 saturated carbocycles. The Morgan fingerprint density at radius 1 is 1.53 bits per heavy atom. The van der Waals surface area contributed by atoms with Crippen LogP contribution >= 0.6 is 0 Å². The average molecular weight is 239 g/mol. The maximum absolute atomic E-state index is 11.8. The molecule has 1 aliphatic heterocycles. The van der Waals surface area contributed by atoms with Crippen LogP contribution in [-0.4, -0.2) is 49.7 Å². The third-order valence-electron chi connectivity index (χ3n) is 2.94. The van der Waals surface area contributed by atoms with E-state index in [-0.39, 0.29) is 11.9 Å². The molecule has 1 amide bonds. The molecule has 1 saturated heterocycles. The fourth-order valence-electron chi connectivity index (χ4n) is 1.88. The van der Waals surface area contributed by atoms with Gasteiger partial charge >= 0.3 is 0 Å². The Hall–Kier alpha value is -1.12. The first kappa shape index (κ1) is 13.9. The van der Waals surface area contributed by atoms with E-state index in [1.54, 1.807) is 0 Å². The maximum Gasteiger partial charge on any atom is 0.234 e. The molecular weight excluding hydrogens is 218 g/mol. The van der Waals surface area contributed by atoms with E-state index in [0.717, 1.165) is 32.6 Å². The van der Waals surface area contributed by atoms with Crippen LogP contribution in [0.3, 0.4) is 0 Å². The van der Waals surface area contributed by atoms with Gasteiger partial charge in [0.2, 0.25) is 5.91 Å². The smallest absolute Gasteiger partial charge is 0.234 e. The van der Waals surface area contributed by atoms with Crippen molar-refractivity contribution in [3.63, 3.8) is 0 Å². The van der Waals surface area contributed by atoms with Crippen molar-refractivity contribution in [1.29, 1.82) is 5.26 Å². The minimum Gasteiger partial charge on any atom is -0.381 e. The molecule has 0 radical (unpaired) electrons. The molecule has 0 aromatic heterocycles. The second kappa shape index (κ2) is 8.04. The van der Waals surface area contributed by atoms with Crippen LogP contribution in [0.15, 0.2) is 0 Å². The fraction of sp³-hybridized carbons (Fsp3) is 0.833. The normalized spacial score (nSPS) is 16.8. The molecule has 5 heteroatoms. The van der Waals surface area contributed by atoms with Crippen LogP contribution in [0, 0.1) is 11.3 Å². The van der Waals surface area contributed by atoms with Crippen molar-refractivity contribution in [1.82, 2.24) is 10.2 Å². The molecule has 1 fully saturated rings. The van der Waals surface area contributed by atoms with Gasteiger partial charge < -0.3 is 10.1 Å². The molecule has 17 heavy (non-hydrogen) atoms. The lowest BCUT2D eigenvalue weighted by Gasteiger charge is -2.25. The largest absolute Gasteiger partial charge is 0.381 e. The van der Waals surface area contributed by atoms with Gasteiger partial charge in [0, 0.05) is 32.2 Å². The summed E-state index contributed by atoms with van der Waals surface area (Å²) in [6, 6.07) is 2.35. The van der Waals surface area contributed by atoms with E-state index in [9.17, 15) is 4.79 Å². The van der Waals surface area contributed by atoms with Gasteiger partial charge in [-0.05, 0) is 19.4 Å². The van der Waals surface area contributed by atoms with Gasteiger partial charge in [-0.3, -0.25) is 9.69 Å². The molecule has 1 aliphatic rings. The molecular formula is C12H21N3O2. The Bertz CT molecular complexity index is 269. The first-order valence-corrected chi connectivity index (χ1v) is 6.22. The van der Waals surface area contributed by atoms with Gasteiger partial charge in [-0.15, -0.1) is 0 Å². The standard InChI is InChI=1S/C12H21N3O2/c1-2-15(7-3-6-13)10-12(16)14-11-4-8-17-9-5-11/h11H,2-5,7-10H2,1H3,(H,14,16). The van der Waals surface area contributed by atoms with Crippen molar-refractivity contribution in [3.8, 4) is 6.07 Å². The van der Waals surface area contributed by atoms with Gasteiger partial charge in [0.25, 0.3) is 0 Å². The first-order chi connectivity index (χ1) is 8.26. The number of rotatable bonds is 6. The van der Waals surface area contributed by atoms with Crippen LogP contribution < -0.4 is 5.32 Å². The molecule has 0 spiro atoms. The van der Waals surface area contributed by atoms with E-state index in [4.69, 9.17) is 10.00 Å². The van der Waals surface area contributed by atoms with Crippen molar-refractivity contribution in [2.24, 2.45) is 0 Å². The minimum absolute atomic E-state index is 0.0525. The summed E-state index contributed by atoms with van der Waals surface area (Å²) in [4.78, 5) is 13.8. The van der Waals surface area contributed by atoms with Crippen LogP contribution in [0.2, 0.25) is 0 Å². The number of hydrogen-bond acceptors (Lipinski definition) is 4. The number of carbonyl (C=O) groups is 1. The number of ether oxygens (including phenoxy) is 1. The molecule has 96 valence electrons. The van der Waals surface area contributed by atoms with E-state index < -0.39 is 0 Å². The van der Waals surface area contributed by atoms with E-state index in [2.05, 4.69) is 11.4 Å². The van der Waals surface area contributed by atoms with Crippen LogP contribution in [0.25, 0.3) is 0 Å². The van der Waals surface area contributed by atoms with E-state index in [1.165, 1.54) is 0 Å². The van der Waals surface area contributed by atoms with Crippen molar-refractivity contribution in [3.05, 3.63) is 0 Å². The summed E-state index contributed by atoms with van der Waals surface area (Å²) in [5.41, 5.74) is 0. The van der Waals surface area contributed by atoms with E-state index >= 15 is 0 Å². The summed E-state index contributed by atoms with van der Waals surface area (Å²) in [5, 5.41) is 11.5. The minimum atomic E-state index is 0.0525. The molecule has 0 atom stereocenters. The van der Waals surface area contributed by atoms with E-state index in [0.29, 0.717) is 19.5 Å². The summed E-state index contributed by atoms with van der Waals surface area (Å²) >= 11 is 0. The first-order valence-electron chi connectivity index (χ1n) is 6.22. The fourth-order valence-corrected chi connectivity index (χ4v) is 1.88. The molecule has 0 aliphatic carbocycles. The van der Waals surface area contributed by atoms with Gasteiger partial charge in [-0.2, -0.15) is 5.26 Å². The Balaban J connectivity index is 2.24. The Kier molecular flexibility index (Phi) is 6.60. The third kappa shape index (κ3) is 5.66. The number of nitrogens with one attached hydrogen (secondary N) is 1. The number of nitriles is 1. The Morgan fingerprint density at radius 3 is 2.82 bits per heavy atom. The third-order valence-corrected chi connectivity index (χ3v) is 2.94. The van der Waals surface area contributed by atoms with Gasteiger partial charge in [0.05, 0.1) is 12.6 Å². The van der Waals surface area contributed by atoms with Crippen LogP contribution in [0.4, 0.5) is 0 Å². The van der Waals surface area contributed by atoms with Crippen molar-refractivity contribution in [2.45, 2.75) is 32.2 Å². The van der Waals surface area contributed by atoms with Gasteiger partial charge in [-0.1, -0.05) is 6.92 Å². The lowest BCUT2D eigenvalue weighted by Crippen LogP contribution is -2.44. The van der Waals surface area contributed by atoms with Crippen LogP contribution in [0.5, 0.6) is 0 Å². The van der Waals surface area contributed by atoms with Crippen molar-refractivity contribution < 1.29 is 9.53 Å². The molecule has 0 unspecified atom stereocenters. The maximum atomic E-state index is 11.8. The number of amides is 1. The Morgan fingerprint density at radius 2 is 2.24 bits per heavy atom. The highest BCUT2D eigenvalue weighted by Crippen LogP contribution is 2.05. The highest BCUT2D eigenvalue weighted by atomic mass is 16.5. The van der Waals surface area contributed by atoms with Crippen molar-refractivity contribution in [2.75, 3.05) is 32.8 Å². The van der Waals surface area contributed by atoms with E-state index in [1.807, 2.05) is 11.8 Å². The molecule has 1 rings (SSSR count). The molecule has 1 N–H and O–H groups in total. The summed E-state index contributed by atoms with van der Waals surface area (Å²) in [6.07, 6.45) is 2.27. The average Bonchev–Trinajstić information content (AvgIpc) is 2.35. The van der Waals surface area contributed by atoms with Gasteiger partial charge in [-0.25, -0.2) is 0 Å². The highest BCUT2D eigenvalue weighted by molar-refractivity contribution is 5.78. The second-order valence-corrected chi connectivity index (χ2v) is 4.23. The second-order valence-electron chi connectivity index (χ2n) is 4.23. The molecule has 0 bridgehead atoms. The summed E-state index contributed by atoms with van der Waals surface area (Å²) < 4.78 is 5.24. The number of likely N-dealkylation sites (N-methyl/N-ethyl adjacent to an activating group) is 1. The predicted octanol–water partition coefficient (Wildman–Crippen LogP) is 0.517. The lowest BCUT2D eigenvalue weighted by molar-refractivity contribution is -0.123. The lowest BCUT2D eigenvalue weighted by atomic mass is 10.1. The zero-order valence-electron chi connectivity index (χ0n) is 10.4. The number of hydrogen-bond donors (Lipinski definition) is 1. The number of carbonyl (C=O) groups excluding carboxylic acids is 1. The monoisotopic (exact) mass is 239 g/mol. The predicted molar refractivity (Wildman–Crippen MR) is 64.3 cm³/mol. The SMILES string of the molecule is CCN(CCC#N)CC(=O)NC1CCOCC1. The summed E-state index contributed by atoms with van der Waals surface area (Å²) in [5.74, 6) is 0.0525.